The van der Waals surface area contributed by atoms with E-state index in [1.54, 1.807) is 6.08 Å². The van der Waals surface area contributed by atoms with Crippen LogP contribution >= 0.6 is 0 Å². The number of likely N-dealkylation sites (N-methyl/N-ethyl adjacent to an activating group) is 1. The predicted molar refractivity (Wildman–Crippen MR) is 71.8 cm³/mol. The van der Waals surface area contributed by atoms with Gasteiger partial charge in [-0.15, -0.1) is 6.58 Å². The summed E-state index contributed by atoms with van der Waals surface area (Å²) in [5, 5.41) is 7.95. The number of imide groups is 1. The van der Waals surface area contributed by atoms with Crippen LogP contribution in [0.3, 0.4) is 0 Å². The van der Waals surface area contributed by atoms with Gasteiger partial charge in [-0.25, -0.2) is 4.79 Å². The summed E-state index contributed by atoms with van der Waals surface area (Å²) >= 11 is 0. The van der Waals surface area contributed by atoms with Gasteiger partial charge in [-0.2, -0.15) is 0 Å². The Labute approximate surface area is 113 Å². The van der Waals surface area contributed by atoms with E-state index >= 15 is 0 Å². The highest BCUT2D eigenvalue weighted by Gasteiger charge is 2.17. The van der Waals surface area contributed by atoms with Gasteiger partial charge in [0.2, 0.25) is 5.91 Å². The SMILES string of the molecule is C=CCNC(=O)NC(=O)CN(C)CC1CNCCO1. The smallest absolute Gasteiger partial charge is 0.321 e. The van der Waals surface area contributed by atoms with Crippen LogP contribution < -0.4 is 16.0 Å². The van der Waals surface area contributed by atoms with E-state index in [0.29, 0.717) is 19.7 Å². The van der Waals surface area contributed by atoms with Gasteiger partial charge in [-0.05, 0) is 7.05 Å². The van der Waals surface area contributed by atoms with Crippen LogP contribution in [0.1, 0.15) is 0 Å². The van der Waals surface area contributed by atoms with Crippen LogP contribution in [0.5, 0.6) is 0 Å². The maximum Gasteiger partial charge on any atom is 0.321 e. The molecule has 3 N–H and O–H groups in total. The fourth-order valence-corrected chi connectivity index (χ4v) is 1.77. The van der Waals surface area contributed by atoms with E-state index in [-0.39, 0.29) is 18.6 Å². The Morgan fingerprint density at radius 1 is 1.58 bits per heavy atom. The van der Waals surface area contributed by atoms with Gasteiger partial charge in [0.05, 0.1) is 19.3 Å². The molecule has 1 rings (SSSR count). The molecule has 1 fully saturated rings. The van der Waals surface area contributed by atoms with Crippen molar-refractivity contribution in [3.8, 4) is 0 Å². The Morgan fingerprint density at radius 2 is 2.37 bits per heavy atom. The van der Waals surface area contributed by atoms with Crippen molar-refractivity contribution < 1.29 is 14.3 Å². The van der Waals surface area contributed by atoms with E-state index in [1.165, 1.54) is 0 Å². The zero-order chi connectivity index (χ0) is 14.1. The first-order chi connectivity index (χ1) is 9.11. The first kappa shape index (κ1) is 15.6. The van der Waals surface area contributed by atoms with Crippen LogP contribution in [-0.4, -0.2) is 69.3 Å². The molecule has 7 heteroatoms. The quantitative estimate of drug-likeness (QED) is 0.535. The summed E-state index contributed by atoms with van der Waals surface area (Å²) in [6, 6.07) is -0.506. The highest BCUT2D eigenvalue weighted by molar-refractivity contribution is 5.95. The minimum Gasteiger partial charge on any atom is -0.374 e. The van der Waals surface area contributed by atoms with Crippen molar-refractivity contribution in [3.05, 3.63) is 12.7 Å². The maximum atomic E-state index is 11.6. The minimum atomic E-state index is -0.506. The Hall–Kier alpha value is -1.44. The third-order valence-corrected chi connectivity index (χ3v) is 2.59. The number of amides is 3. The average molecular weight is 270 g/mol. The summed E-state index contributed by atoms with van der Waals surface area (Å²) in [5.74, 6) is -0.340. The molecule has 19 heavy (non-hydrogen) atoms. The summed E-state index contributed by atoms with van der Waals surface area (Å²) in [6.45, 7) is 6.94. The number of hydrogen-bond donors (Lipinski definition) is 3. The van der Waals surface area contributed by atoms with E-state index in [0.717, 1.165) is 13.1 Å². The molecular formula is C12H22N4O3. The standard InChI is InChI=1S/C12H22N4O3/c1-3-4-14-12(18)15-11(17)9-16(2)8-10-7-13-5-6-19-10/h3,10,13H,1,4-9H2,2H3,(H2,14,15,17,18). The molecule has 0 radical (unpaired) electrons. The fraction of sp³-hybridized carbons (Fsp3) is 0.667. The maximum absolute atomic E-state index is 11.6. The first-order valence-corrected chi connectivity index (χ1v) is 6.31. The van der Waals surface area contributed by atoms with Gasteiger partial charge < -0.3 is 15.4 Å². The summed E-state index contributed by atoms with van der Waals surface area (Å²) in [6.07, 6.45) is 1.63. The Morgan fingerprint density at radius 3 is 3.00 bits per heavy atom. The molecule has 0 saturated carbocycles. The lowest BCUT2D eigenvalue weighted by molar-refractivity contribution is -0.121. The van der Waals surface area contributed by atoms with E-state index < -0.39 is 6.03 Å². The summed E-state index contributed by atoms with van der Waals surface area (Å²) < 4.78 is 5.54. The van der Waals surface area contributed by atoms with Crippen LogP contribution in [0.15, 0.2) is 12.7 Å². The van der Waals surface area contributed by atoms with Gasteiger partial charge in [0.1, 0.15) is 0 Å². The zero-order valence-electron chi connectivity index (χ0n) is 11.3. The third kappa shape index (κ3) is 6.90. The van der Waals surface area contributed by atoms with Gasteiger partial charge in [0.25, 0.3) is 0 Å². The van der Waals surface area contributed by atoms with Crippen molar-refractivity contribution >= 4 is 11.9 Å². The Kier molecular flexibility index (Phi) is 7.09. The van der Waals surface area contributed by atoms with Crippen molar-refractivity contribution in [3.63, 3.8) is 0 Å². The molecule has 1 saturated heterocycles. The molecule has 1 unspecified atom stereocenters. The average Bonchev–Trinajstić information content (AvgIpc) is 2.37. The van der Waals surface area contributed by atoms with Crippen molar-refractivity contribution in [1.29, 1.82) is 0 Å². The number of ether oxygens (including phenoxy) is 1. The molecule has 0 aliphatic carbocycles. The normalized spacial score (nSPS) is 18.9. The second-order valence-corrected chi connectivity index (χ2v) is 4.44. The predicted octanol–water partition coefficient (Wildman–Crippen LogP) is -1.08. The van der Waals surface area contributed by atoms with Crippen LogP contribution in [0.4, 0.5) is 4.79 Å². The molecule has 1 heterocycles. The number of nitrogens with zero attached hydrogens (tertiary/aromatic N) is 1. The summed E-state index contributed by atoms with van der Waals surface area (Å²) in [4.78, 5) is 24.6. The number of morpholine rings is 1. The van der Waals surface area contributed by atoms with E-state index in [2.05, 4.69) is 22.5 Å². The molecule has 1 atom stereocenters. The van der Waals surface area contributed by atoms with E-state index in [9.17, 15) is 9.59 Å². The molecule has 0 aromatic rings. The monoisotopic (exact) mass is 270 g/mol. The van der Waals surface area contributed by atoms with Crippen molar-refractivity contribution in [1.82, 2.24) is 20.9 Å². The number of urea groups is 1. The van der Waals surface area contributed by atoms with Crippen LogP contribution in [-0.2, 0) is 9.53 Å². The van der Waals surface area contributed by atoms with E-state index in [1.807, 2.05) is 11.9 Å². The molecule has 3 amide bonds. The van der Waals surface area contributed by atoms with Crippen molar-refractivity contribution in [2.75, 3.05) is 46.4 Å². The van der Waals surface area contributed by atoms with Gasteiger partial charge in [-0.1, -0.05) is 6.08 Å². The largest absolute Gasteiger partial charge is 0.374 e. The molecular weight excluding hydrogens is 248 g/mol. The van der Waals surface area contributed by atoms with Crippen LogP contribution in [0.2, 0.25) is 0 Å². The molecule has 0 spiro atoms. The molecule has 0 aromatic heterocycles. The molecule has 1 aliphatic rings. The number of carbonyl (C=O) groups excluding carboxylic acids is 2. The Bertz CT molecular complexity index is 316. The molecule has 7 nitrogen and oxygen atoms in total. The lowest BCUT2D eigenvalue weighted by atomic mass is 10.3. The Balaban J connectivity index is 2.19. The second kappa shape index (κ2) is 8.63. The number of hydrogen-bond acceptors (Lipinski definition) is 5. The van der Waals surface area contributed by atoms with Gasteiger partial charge in [0, 0.05) is 26.2 Å². The number of rotatable bonds is 6. The fourth-order valence-electron chi connectivity index (χ4n) is 1.77. The topological polar surface area (TPSA) is 82.7 Å². The molecule has 0 aromatic carbocycles. The van der Waals surface area contributed by atoms with E-state index in [4.69, 9.17) is 4.74 Å². The third-order valence-electron chi connectivity index (χ3n) is 2.59. The summed E-state index contributed by atoms with van der Waals surface area (Å²) in [7, 11) is 1.82. The van der Waals surface area contributed by atoms with Gasteiger partial charge in [-0.3, -0.25) is 15.0 Å². The second-order valence-electron chi connectivity index (χ2n) is 4.44. The zero-order valence-corrected chi connectivity index (χ0v) is 11.3. The lowest BCUT2D eigenvalue weighted by Crippen LogP contribution is -2.48. The van der Waals surface area contributed by atoms with Gasteiger partial charge in [0.15, 0.2) is 0 Å². The highest BCUT2D eigenvalue weighted by Crippen LogP contribution is 1.98. The highest BCUT2D eigenvalue weighted by atomic mass is 16.5. The van der Waals surface area contributed by atoms with Crippen molar-refractivity contribution in [2.45, 2.75) is 6.10 Å². The minimum absolute atomic E-state index is 0.0844. The summed E-state index contributed by atoms with van der Waals surface area (Å²) in [5.41, 5.74) is 0. The van der Waals surface area contributed by atoms with Gasteiger partial charge >= 0.3 is 6.03 Å². The molecule has 0 bridgehead atoms. The van der Waals surface area contributed by atoms with Crippen molar-refractivity contribution in [2.24, 2.45) is 0 Å². The molecule has 108 valence electrons. The lowest BCUT2D eigenvalue weighted by Gasteiger charge is -2.27. The van der Waals surface area contributed by atoms with Crippen LogP contribution in [0.25, 0.3) is 0 Å². The van der Waals surface area contributed by atoms with Crippen LogP contribution in [0, 0.1) is 0 Å². The number of carbonyl (C=O) groups is 2. The first-order valence-electron chi connectivity index (χ1n) is 6.31. The molecule has 1 aliphatic heterocycles. The number of nitrogens with one attached hydrogen (secondary N) is 3.